The molecule has 5 nitrogen and oxygen atoms in total. The van der Waals surface area contributed by atoms with Gasteiger partial charge in [-0.3, -0.25) is 9.59 Å². The summed E-state index contributed by atoms with van der Waals surface area (Å²) in [7, 11) is 0. The van der Waals surface area contributed by atoms with Gasteiger partial charge in [-0.15, -0.1) is 0 Å². The molecule has 1 rings (SSSR count). The van der Waals surface area contributed by atoms with Crippen molar-refractivity contribution in [1.29, 1.82) is 0 Å². The molecule has 1 heterocycles. The molecule has 0 aromatic rings. The molecule has 0 aromatic carbocycles. The van der Waals surface area contributed by atoms with E-state index in [2.05, 4.69) is 0 Å². The Morgan fingerprint density at radius 1 is 1.41 bits per heavy atom. The molecule has 1 unspecified atom stereocenters. The number of aliphatic hydroxyl groups is 1. The Balaban J connectivity index is 2.85. The molecule has 3 N–H and O–H groups in total. The summed E-state index contributed by atoms with van der Waals surface area (Å²) in [6, 6.07) is 0. The average molecular weight is 244 g/mol. The van der Waals surface area contributed by atoms with Gasteiger partial charge in [0.2, 0.25) is 0 Å². The zero-order chi connectivity index (χ0) is 13.2. The molecule has 1 aliphatic heterocycles. The Morgan fingerprint density at radius 3 is 2.47 bits per heavy atom. The summed E-state index contributed by atoms with van der Waals surface area (Å²) in [6.45, 7) is 3.03. The standard InChI is InChI=1S/C11H17FN2O3/c1-7(2)8(12)9(15)14-5-3-4-11(17,6-14)10(13)16/h17H,3-6H2,1-2H3,(H2,13,16). The molecule has 0 radical (unpaired) electrons. The van der Waals surface area contributed by atoms with Gasteiger partial charge in [-0.25, -0.2) is 4.39 Å². The number of carbonyl (C=O) groups is 2. The van der Waals surface area contributed by atoms with Crippen LogP contribution in [0.2, 0.25) is 0 Å². The minimum atomic E-state index is -1.74. The van der Waals surface area contributed by atoms with Gasteiger partial charge in [0, 0.05) is 6.54 Å². The van der Waals surface area contributed by atoms with Crippen LogP contribution in [0.5, 0.6) is 0 Å². The number of nitrogens with zero attached hydrogens (tertiary/aromatic N) is 1. The van der Waals surface area contributed by atoms with Gasteiger partial charge >= 0.3 is 0 Å². The number of piperidine rings is 1. The fourth-order valence-electron chi connectivity index (χ4n) is 1.76. The lowest BCUT2D eigenvalue weighted by molar-refractivity contribution is -0.147. The number of carbonyl (C=O) groups excluding carboxylic acids is 2. The topological polar surface area (TPSA) is 83.6 Å². The number of likely N-dealkylation sites (tertiary alicyclic amines) is 1. The lowest BCUT2D eigenvalue weighted by Gasteiger charge is -2.36. The first-order valence-electron chi connectivity index (χ1n) is 5.42. The Morgan fingerprint density at radius 2 is 2.00 bits per heavy atom. The quantitative estimate of drug-likeness (QED) is 0.675. The van der Waals surface area contributed by atoms with Gasteiger partial charge in [0.25, 0.3) is 11.8 Å². The van der Waals surface area contributed by atoms with Gasteiger partial charge in [0.05, 0.1) is 6.54 Å². The van der Waals surface area contributed by atoms with Gasteiger partial charge in [-0.1, -0.05) is 0 Å². The summed E-state index contributed by atoms with van der Waals surface area (Å²) >= 11 is 0. The van der Waals surface area contributed by atoms with Gasteiger partial charge < -0.3 is 15.7 Å². The summed E-state index contributed by atoms with van der Waals surface area (Å²) in [5, 5.41) is 9.88. The molecule has 0 aliphatic carbocycles. The summed E-state index contributed by atoms with van der Waals surface area (Å²) < 4.78 is 13.4. The van der Waals surface area contributed by atoms with Crippen LogP contribution in [0.25, 0.3) is 0 Å². The van der Waals surface area contributed by atoms with E-state index in [1.807, 2.05) is 0 Å². The number of nitrogens with two attached hydrogens (primary N) is 1. The van der Waals surface area contributed by atoms with Gasteiger partial charge in [0.1, 0.15) is 0 Å². The number of hydrogen-bond acceptors (Lipinski definition) is 3. The third kappa shape index (κ3) is 2.82. The largest absolute Gasteiger partial charge is 0.378 e. The number of amides is 2. The van der Waals surface area contributed by atoms with E-state index in [0.717, 1.165) is 4.90 Å². The van der Waals surface area contributed by atoms with E-state index in [4.69, 9.17) is 5.73 Å². The monoisotopic (exact) mass is 244 g/mol. The molecule has 1 fully saturated rings. The van der Waals surface area contributed by atoms with E-state index >= 15 is 0 Å². The molecule has 1 aliphatic rings. The van der Waals surface area contributed by atoms with E-state index < -0.39 is 23.2 Å². The second kappa shape index (κ2) is 4.83. The van der Waals surface area contributed by atoms with Crippen molar-refractivity contribution in [2.75, 3.05) is 13.1 Å². The molecule has 0 saturated carbocycles. The zero-order valence-electron chi connectivity index (χ0n) is 9.99. The molecule has 1 saturated heterocycles. The number of rotatable bonds is 2. The highest BCUT2D eigenvalue weighted by atomic mass is 19.1. The first-order valence-corrected chi connectivity index (χ1v) is 5.42. The Kier molecular flexibility index (Phi) is 3.87. The van der Waals surface area contributed by atoms with Crippen LogP contribution in [0.4, 0.5) is 4.39 Å². The molecule has 0 aromatic heterocycles. The van der Waals surface area contributed by atoms with Crippen molar-refractivity contribution in [3.63, 3.8) is 0 Å². The molecule has 0 bridgehead atoms. The summed E-state index contributed by atoms with van der Waals surface area (Å²) in [6.07, 6.45) is 0.615. The number of hydrogen-bond donors (Lipinski definition) is 2. The maximum absolute atomic E-state index is 13.4. The van der Waals surface area contributed by atoms with E-state index in [9.17, 15) is 19.1 Å². The Bertz CT molecular complexity index is 377. The maximum atomic E-state index is 13.4. The highest BCUT2D eigenvalue weighted by molar-refractivity contribution is 5.93. The van der Waals surface area contributed by atoms with Crippen molar-refractivity contribution >= 4 is 11.8 Å². The van der Waals surface area contributed by atoms with Crippen molar-refractivity contribution in [3.05, 3.63) is 11.4 Å². The number of primary amides is 1. The molecule has 96 valence electrons. The first kappa shape index (κ1) is 13.6. The van der Waals surface area contributed by atoms with Crippen LogP contribution >= 0.6 is 0 Å². The molecular formula is C11H17FN2O3. The second-order valence-electron chi connectivity index (χ2n) is 4.54. The lowest BCUT2D eigenvalue weighted by atomic mass is 9.92. The van der Waals surface area contributed by atoms with Crippen molar-refractivity contribution in [1.82, 2.24) is 4.90 Å². The first-order chi connectivity index (χ1) is 7.78. The highest BCUT2D eigenvalue weighted by Gasteiger charge is 2.40. The third-order valence-electron chi connectivity index (χ3n) is 2.84. The molecule has 6 heteroatoms. The normalized spacial score (nSPS) is 24.4. The summed E-state index contributed by atoms with van der Waals surface area (Å²) in [4.78, 5) is 23.9. The Hall–Kier alpha value is -1.43. The third-order valence-corrected chi connectivity index (χ3v) is 2.84. The van der Waals surface area contributed by atoms with Crippen molar-refractivity contribution in [2.45, 2.75) is 32.3 Å². The van der Waals surface area contributed by atoms with E-state index in [1.54, 1.807) is 0 Å². The van der Waals surface area contributed by atoms with Gasteiger partial charge in [0.15, 0.2) is 11.4 Å². The van der Waals surface area contributed by atoms with Gasteiger partial charge in [-0.05, 0) is 32.3 Å². The predicted molar refractivity (Wildman–Crippen MR) is 59.4 cm³/mol. The highest BCUT2D eigenvalue weighted by Crippen LogP contribution is 2.23. The van der Waals surface area contributed by atoms with Crippen molar-refractivity contribution < 1.29 is 19.1 Å². The SMILES string of the molecule is CC(C)=C(F)C(=O)N1CCCC(O)(C(N)=O)C1. The average Bonchev–Trinajstić information content (AvgIpc) is 2.26. The fourth-order valence-corrected chi connectivity index (χ4v) is 1.76. The smallest absolute Gasteiger partial charge is 0.282 e. The van der Waals surface area contributed by atoms with Crippen LogP contribution < -0.4 is 5.73 Å². The van der Waals surface area contributed by atoms with Crippen LogP contribution in [-0.2, 0) is 9.59 Å². The predicted octanol–water partition coefficient (Wildman–Crippen LogP) is 0.0886. The summed E-state index contributed by atoms with van der Waals surface area (Å²) in [5.74, 6) is -2.53. The number of β-amino-alcohol motifs (C(OH)–C–C–N with tert-alkyl or cyclic N) is 1. The Labute approximate surface area is 99.1 Å². The van der Waals surface area contributed by atoms with Crippen LogP contribution in [0.1, 0.15) is 26.7 Å². The van der Waals surface area contributed by atoms with Crippen LogP contribution in [0.15, 0.2) is 11.4 Å². The van der Waals surface area contributed by atoms with Crippen LogP contribution in [-0.4, -0.2) is 40.5 Å². The lowest BCUT2D eigenvalue weighted by Crippen LogP contribution is -2.57. The minimum absolute atomic E-state index is 0.197. The van der Waals surface area contributed by atoms with Gasteiger partial charge in [-0.2, -0.15) is 0 Å². The van der Waals surface area contributed by atoms with E-state index in [-0.39, 0.29) is 18.5 Å². The molecule has 17 heavy (non-hydrogen) atoms. The van der Waals surface area contributed by atoms with Crippen molar-refractivity contribution in [3.8, 4) is 0 Å². The molecule has 1 atom stereocenters. The number of allylic oxidation sites excluding steroid dienone is 1. The molecular weight excluding hydrogens is 227 g/mol. The van der Waals surface area contributed by atoms with E-state index in [0.29, 0.717) is 13.0 Å². The fraction of sp³-hybridized carbons (Fsp3) is 0.636. The summed E-state index contributed by atoms with van der Waals surface area (Å²) in [5.41, 5.74) is 3.59. The minimum Gasteiger partial charge on any atom is -0.378 e. The number of halogens is 1. The zero-order valence-corrected chi connectivity index (χ0v) is 9.99. The molecule has 2 amide bonds. The second-order valence-corrected chi connectivity index (χ2v) is 4.54. The molecule has 0 spiro atoms. The van der Waals surface area contributed by atoms with Crippen LogP contribution in [0, 0.1) is 0 Å². The van der Waals surface area contributed by atoms with Crippen LogP contribution in [0.3, 0.4) is 0 Å². The van der Waals surface area contributed by atoms with E-state index in [1.165, 1.54) is 13.8 Å². The maximum Gasteiger partial charge on any atom is 0.282 e. The van der Waals surface area contributed by atoms with Crippen molar-refractivity contribution in [2.24, 2.45) is 5.73 Å².